The Morgan fingerprint density at radius 1 is 1.20 bits per heavy atom. The molecule has 0 saturated carbocycles. The molecule has 0 aromatic carbocycles. The first kappa shape index (κ1) is 9.83. The summed E-state index contributed by atoms with van der Waals surface area (Å²) in [5.74, 6) is 1.03. The summed E-state index contributed by atoms with van der Waals surface area (Å²) in [5, 5.41) is 0. The Kier molecular flexibility index (Phi) is 3.07. The molecule has 0 amide bonds. The Morgan fingerprint density at radius 3 is 2.87 bits per heavy atom. The van der Waals surface area contributed by atoms with Crippen LogP contribution in [0.3, 0.4) is 0 Å². The number of unbranched alkanes of at least 4 members (excludes halogenated alkanes) is 1. The molecule has 0 aliphatic carbocycles. The van der Waals surface area contributed by atoms with Crippen LogP contribution in [0, 0.1) is 0 Å². The molecule has 0 bridgehead atoms. The van der Waals surface area contributed by atoms with E-state index in [0.29, 0.717) is 0 Å². The van der Waals surface area contributed by atoms with E-state index in [1.807, 2.05) is 6.20 Å². The van der Waals surface area contributed by atoms with Gasteiger partial charge in [0.25, 0.3) is 0 Å². The van der Waals surface area contributed by atoms with Crippen LogP contribution in [0.4, 0.5) is 0 Å². The standard InChI is InChI=1S/C11H14N4/c1-2-3-4-11-14-8-10(15-11)9-7-12-5-6-13-9/h5-8H,2-4H2,1H3,(H,14,15). The summed E-state index contributed by atoms with van der Waals surface area (Å²) in [6.07, 6.45) is 10.2. The van der Waals surface area contributed by atoms with Gasteiger partial charge in [0, 0.05) is 18.8 Å². The van der Waals surface area contributed by atoms with E-state index in [0.717, 1.165) is 30.1 Å². The first-order chi connectivity index (χ1) is 7.40. The fraction of sp³-hybridized carbons (Fsp3) is 0.364. The maximum Gasteiger partial charge on any atom is 0.106 e. The van der Waals surface area contributed by atoms with E-state index in [-0.39, 0.29) is 0 Å². The Balaban J connectivity index is 2.14. The van der Waals surface area contributed by atoms with Crippen molar-refractivity contribution in [2.24, 2.45) is 0 Å². The minimum Gasteiger partial charge on any atom is -0.341 e. The number of nitrogens with zero attached hydrogens (tertiary/aromatic N) is 3. The molecule has 0 unspecified atom stereocenters. The highest BCUT2D eigenvalue weighted by atomic mass is 14.9. The van der Waals surface area contributed by atoms with Crippen LogP contribution in [0.1, 0.15) is 25.6 Å². The SMILES string of the molecule is CCCCc1ncc(-c2cnccn2)[nH]1. The second-order valence-corrected chi connectivity index (χ2v) is 3.44. The van der Waals surface area contributed by atoms with Crippen molar-refractivity contribution in [3.63, 3.8) is 0 Å². The Hall–Kier alpha value is -1.71. The van der Waals surface area contributed by atoms with Gasteiger partial charge in [0.1, 0.15) is 11.5 Å². The van der Waals surface area contributed by atoms with Crippen molar-refractivity contribution in [1.82, 2.24) is 19.9 Å². The number of hydrogen-bond donors (Lipinski definition) is 1. The van der Waals surface area contributed by atoms with E-state index in [4.69, 9.17) is 0 Å². The molecule has 2 rings (SSSR count). The highest BCUT2D eigenvalue weighted by molar-refractivity contribution is 5.51. The predicted octanol–water partition coefficient (Wildman–Crippen LogP) is 2.21. The molecule has 0 aliphatic rings. The molecule has 15 heavy (non-hydrogen) atoms. The first-order valence-corrected chi connectivity index (χ1v) is 5.20. The Labute approximate surface area is 88.8 Å². The summed E-state index contributed by atoms with van der Waals surface area (Å²) in [4.78, 5) is 15.8. The van der Waals surface area contributed by atoms with E-state index in [2.05, 4.69) is 26.9 Å². The maximum absolute atomic E-state index is 4.31. The fourth-order valence-corrected chi connectivity index (χ4v) is 1.40. The zero-order chi connectivity index (χ0) is 10.5. The summed E-state index contributed by atoms with van der Waals surface area (Å²) in [5.41, 5.74) is 1.78. The van der Waals surface area contributed by atoms with Crippen molar-refractivity contribution in [2.75, 3.05) is 0 Å². The number of aromatic amines is 1. The van der Waals surface area contributed by atoms with Crippen LogP contribution in [0.15, 0.2) is 24.8 Å². The predicted molar refractivity (Wildman–Crippen MR) is 58.2 cm³/mol. The van der Waals surface area contributed by atoms with Crippen LogP contribution in [0.25, 0.3) is 11.4 Å². The van der Waals surface area contributed by atoms with Gasteiger partial charge < -0.3 is 4.98 Å². The van der Waals surface area contributed by atoms with Gasteiger partial charge in [0.2, 0.25) is 0 Å². The number of hydrogen-bond acceptors (Lipinski definition) is 3. The molecule has 0 radical (unpaired) electrons. The number of imidazole rings is 1. The van der Waals surface area contributed by atoms with Gasteiger partial charge in [-0.15, -0.1) is 0 Å². The number of aromatic nitrogens is 4. The lowest BCUT2D eigenvalue weighted by Crippen LogP contribution is -1.88. The van der Waals surface area contributed by atoms with Gasteiger partial charge in [-0.1, -0.05) is 13.3 Å². The average Bonchev–Trinajstić information content (AvgIpc) is 2.76. The van der Waals surface area contributed by atoms with Crippen LogP contribution in [-0.4, -0.2) is 19.9 Å². The van der Waals surface area contributed by atoms with Crippen molar-refractivity contribution in [1.29, 1.82) is 0 Å². The van der Waals surface area contributed by atoms with Gasteiger partial charge >= 0.3 is 0 Å². The lowest BCUT2D eigenvalue weighted by Gasteiger charge is -1.94. The maximum atomic E-state index is 4.31. The number of H-pyrrole nitrogens is 1. The van der Waals surface area contributed by atoms with Crippen molar-refractivity contribution < 1.29 is 0 Å². The number of nitrogens with one attached hydrogen (secondary N) is 1. The first-order valence-electron chi connectivity index (χ1n) is 5.20. The molecule has 0 aliphatic heterocycles. The summed E-state index contributed by atoms with van der Waals surface area (Å²) in [6.45, 7) is 2.17. The molecular formula is C11H14N4. The van der Waals surface area contributed by atoms with Gasteiger partial charge in [-0.25, -0.2) is 4.98 Å². The zero-order valence-electron chi connectivity index (χ0n) is 8.77. The van der Waals surface area contributed by atoms with Gasteiger partial charge in [-0.3, -0.25) is 9.97 Å². The monoisotopic (exact) mass is 202 g/mol. The van der Waals surface area contributed by atoms with E-state index < -0.39 is 0 Å². The van der Waals surface area contributed by atoms with E-state index in [9.17, 15) is 0 Å². The molecule has 0 fully saturated rings. The van der Waals surface area contributed by atoms with Gasteiger partial charge in [0.05, 0.1) is 18.1 Å². The van der Waals surface area contributed by atoms with Crippen molar-refractivity contribution in [2.45, 2.75) is 26.2 Å². The Morgan fingerprint density at radius 2 is 2.13 bits per heavy atom. The van der Waals surface area contributed by atoms with Gasteiger partial charge in [-0.2, -0.15) is 0 Å². The minimum atomic E-state index is 0.841. The molecule has 1 N–H and O–H groups in total. The average molecular weight is 202 g/mol. The third-order valence-electron chi connectivity index (χ3n) is 2.23. The number of rotatable bonds is 4. The van der Waals surface area contributed by atoms with E-state index >= 15 is 0 Å². The second kappa shape index (κ2) is 4.68. The van der Waals surface area contributed by atoms with Crippen molar-refractivity contribution >= 4 is 0 Å². The molecule has 0 spiro atoms. The van der Waals surface area contributed by atoms with Crippen LogP contribution in [0.2, 0.25) is 0 Å². The molecular weight excluding hydrogens is 188 g/mol. The van der Waals surface area contributed by atoms with Gasteiger partial charge in [-0.05, 0) is 6.42 Å². The van der Waals surface area contributed by atoms with E-state index in [1.54, 1.807) is 18.6 Å². The lowest BCUT2D eigenvalue weighted by molar-refractivity contribution is 0.763. The highest BCUT2D eigenvalue weighted by Crippen LogP contribution is 2.12. The minimum absolute atomic E-state index is 0.841. The molecule has 2 aromatic rings. The van der Waals surface area contributed by atoms with E-state index in [1.165, 1.54) is 6.42 Å². The largest absolute Gasteiger partial charge is 0.341 e. The number of aryl methyl sites for hydroxylation is 1. The lowest BCUT2D eigenvalue weighted by atomic mass is 10.2. The summed E-state index contributed by atoms with van der Waals surface area (Å²) in [7, 11) is 0. The summed E-state index contributed by atoms with van der Waals surface area (Å²) < 4.78 is 0. The van der Waals surface area contributed by atoms with Crippen LogP contribution in [0.5, 0.6) is 0 Å². The molecule has 2 aromatic heterocycles. The molecule has 0 atom stereocenters. The van der Waals surface area contributed by atoms with Crippen molar-refractivity contribution in [3.8, 4) is 11.4 Å². The zero-order valence-corrected chi connectivity index (χ0v) is 8.77. The van der Waals surface area contributed by atoms with Gasteiger partial charge in [0.15, 0.2) is 0 Å². The molecule has 78 valence electrons. The third-order valence-corrected chi connectivity index (χ3v) is 2.23. The molecule has 2 heterocycles. The molecule has 0 saturated heterocycles. The Bertz CT molecular complexity index is 408. The topological polar surface area (TPSA) is 54.5 Å². The molecule has 4 nitrogen and oxygen atoms in total. The quantitative estimate of drug-likeness (QED) is 0.827. The highest BCUT2D eigenvalue weighted by Gasteiger charge is 2.03. The summed E-state index contributed by atoms with van der Waals surface area (Å²) >= 11 is 0. The van der Waals surface area contributed by atoms with Crippen LogP contribution < -0.4 is 0 Å². The van der Waals surface area contributed by atoms with Crippen LogP contribution >= 0.6 is 0 Å². The van der Waals surface area contributed by atoms with Crippen molar-refractivity contribution in [3.05, 3.63) is 30.6 Å². The third kappa shape index (κ3) is 2.40. The fourth-order valence-electron chi connectivity index (χ4n) is 1.40. The summed E-state index contributed by atoms with van der Waals surface area (Å²) in [6, 6.07) is 0. The molecule has 4 heteroatoms. The normalized spacial score (nSPS) is 10.5. The van der Waals surface area contributed by atoms with Crippen LogP contribution in [-0.2, 0) is 6.42 Å². The smallest absolute Gasteiger partial charge is 0.106 e. The second-order valence-electron chi connectivity index (χ2n) is 3.44.